The largest absolute Gasteiger partial charge is 0.489 e. The predicted octanol–water partition coefficient (Wildman–Crippen LogP) is 5.60. The number of non-ortho nitro benzene ring substituents is 1. The van der Waals surface area contributed by atoms with E-state index in [2.05, 4.69) is 0 Å². The highest BCUT2D eigenvalue weighted by Crippen LogP contribution is 2.50. The van der Waals surface area contributed by atoms with Crippen molar-refractivity contribution in [3.8, 4) is 23.0 Å². The molecule has 0 saturated heterocycles. The zero-order valence-corrected chi connectivity index (χ0v) is 15.6. The topological polar surface area (TPSA) is 70.8 Å². The smallest absolute Gasteiger partial charge is 0.276 e. The first-order chi connectivity index (χ1) is 14.1. The van der Waals surface area contributed by atoms with Gasteiger partial charge in [-0.1, -0.05) is 30.3 Å². The van der Waals surface area contributed by atoms with Crippen LogP contribution in [0.2, 0.25) is 0 Å². The highest BCUT2D eigenvalue weighted by Gasteiger charge is 2.33. The Balaban J connectivity index is 1.52. The van der Waals surface area contributed by atoms with Gasteiger partial charge >= 0.3 is 0 Å². The van der Waals surface area contributed by atoms with Gasteiger partial charge in [-0.2, -0.15) is 0 Å². The Labute approximate surface area is 167 Å². The predicted molar refractivity (Wildman–Crippen MR) is 108 cm³/mol. The lowest BCUT2D eigenvalue weighted by Gasteiger charge is -2.12. The maximum atomic E-state index is 11.3. The Morgan fingerprint density at radius 2 is 1.83 bits per heavy atom. The summed E-state index contributed by atoms with van der Waals surface area (Å²) in [5.74, 6) is 2.15. The van der Waals surface area contributed by atoms with E-state index in [0.717, 1.165) is 22.3 Å². The summed E-state index contributed by atoms with van der Waals surface area (Å²) < 4.78 is 17.8. The molecule has 1 unspecified atom stereocenters. The minimum atomic E-state index is -0.443. The molecular formula is C23H17NO5. The van der Waals surface area contributed by atoms with Crippen LogP contribution in [-0.2, 0) is 6.61 Å². The van der Waals surface area contributed by atoms with Crippen molar-refractivity contribution in [3.63, 3.8) is 0 Å². The second-order valence-corrected chi connectivity index (χ2v) is 7.01. The van der Waals surface area contributed by atoms with Crippen LogP contribution in [0.4, 0.5) is 5.69 Å². The Hall–Kier alpha value is -3.80. The quantitative estimate of drug-likeness (QED) is 0.430. The standard InChI is InChI=1S/C23H17NO5/c1-14-19-9-16-7-8-18(27-13-15-5-3-2-4-6-15)12-20(16)29-22-11-17(24(25)26)10-21(28-14)23(19)22/h2-12,14H,13H2,1H3. The van der Waals surface area contributed by atoms with Gasteiger partial charge in [0.25, 0.3) is 5.69 Å². The first kappa shape index (κ1) is 17.3. The first-order valence-corrected chi connectivity index (χ1v) is 9.28. The fraction of sp³-hybridized carbons (Fsp3) is 0.130. The van der Waals surface area contributed by atoms with E-state index in [-0.39, 0.29) is 11.8 Å². The van der Waals surface area contributed by atoms with Crippen LogP contribution >= 0.6 is 0 Å². The summed E-state index contributed by atoms with van der Waals surface area (Å²) >= 11 is 0. The van der Waals surface area contributed by atoms with Gasteiger partial charge in [-0.05, 0) is 30.7 Å². The normalized spacial score (nSPS) is 15.9. The molecule has 0 saturated carbocycles. The maximum Gasteiger partial charge on any atom is 0.276 e. The van der Waals surface area contributed by atoms with Crippen LogP contribution in [0.1, 0.15) is 23.6 Å². The Kier molecular flexibility index (Phi) is 3.98. The molecule has 0 aromatic heterocycles. The van der Waals surface area contributed by atoms with Crippen molar-refractivity contribution < 1.29 is 19.1 Å². The number of nitro groups is 1. The molecule has 0 radical (unpaired) electrons. The van der Waals surface area contributed by atoms with E-state index >= 15 is 0 Å². The highest BCUT2D eigenvalue weighted by atomic mass is 16.6. The summed E-state index contributed by atoms with van der Waals surface area (Å²) in [6, 6.07) is 18.4. The molecule has 0 spiro atoms. The van der Waals surface area contributed by atoms with Gasteiger partial charge in [0.2, 0.25) is 0 Å². The van der Waals surface area contributed by atoms with Crippen LogP contribution < -0.4 is 14.2 Å². The van der Waals surface area contributed by atoms with Gasteiger partial charge in [-0.15, -0.1) is 0 Å². The fourth-order valence-electron chi connectivity index (χ4n) is 3.63. The van der Waals surface area contributed by atoms with Crippen LogP contribution in [0.25, 0.3) is 11.6 Å². The van der Waals surface area contributed by atoms with E-state index < -0.39 is 4.92 Å². The fourth-order valence-corrected chi connectivity index (χ4v) is 3.63. The molecule has 1 atom stereocenters. The number of hydrogen-bond donors (Lipinski definition) is 0. The lowest BCUT2D eigenvalue weighted by molar-refractivity contribution is -0.385. The van der Waals surface area contributed by atoms with Crippen molar-refractivity contribution in [1.82, 2.24) is 0 Å². The van der Waals surface area contributed by atoms with Crippen molar-refractivity contribution >= 4 is 17.3 Å². The van der Waals surface area contributed by atoms with Gasteiger partial charge in [0.05, 0.1) is 22.6 Å². The molecular weight excluding hydrogens is 370 g/mol. The van der Waals surface area contributed by atoms with Crippen LogP contribution in [-0.4, -0.2) is 11.0 Å². The van der Waals surface area contributed by atoms with E-state index in [0.29, 0.717) is 29.6 Å². The lowest BCUT2D eigenvalue weighted by atomic mass is 10.00. The van der Waals surface area contributed by atoms with Gasteiger partial charge in [0.1, 0.15) is 35.7 Å². The molecule has 6 nitrogen and oxygen atoms in total. The van der Waals surface area contributed by atoms with Gasteiger partial charge in [-0.3, -0.25) is 10.1 Å². The minimum absolute atomic E-state index is 0.0628. The second kappa shape index (κ2) is 6.67. The third kappa shape index (κ3) is 3.08. The van der Waals surface area contributed by atoms with Crippen LogP contribution in [0.15, 0.2) is 60.7 Å². The molecule has 2 heterocycles. The summed E-state index contributed by atoms with van der Waals surface area (Å²) in [5, 5.41) is 11.3. The number of rotatable bonds is 4. The van der Waals surface area contributed by atoms with E-state index in [1.807, 2.05) is 61.5 Å². The van der Waals surface area contributed by atoms with Crippen molar-refractivity contribution in [1.29, 1.82) is 0 Å². The van der Waals surface area contributed by atoms with Crippen LogP contribution in [0.3, 0.4) is 0 Å². The number of nitrogens with zero attached hydrogens (tertiary/aromatic N) is 1. The van der Waals surface area contributed by atoms with E-state index in [9.17, 15) is 10.1 Å². The molecule has 2 aliphatic heterocycles. The van der Waals surface area contributed by atoms with Crippen molar-refractivity contribution in [2.45, 2.75) is 19.6 Å². The molecule has 0 aliphatic carbocycles. The van der Waals surface area contributed by atoms with E-state index in [1.54, 1.807) is 0 Å². The number of nitro benzene ring substituents is 1. The first-order valence-electron chi connectivity index (χ1n) is 9.28. The molecule has 0 bridgehead atoms. The van der Waals surface area contributed by atoms with Crippen molar-refractivity contribution in [2.75, 3.05) is 0 Å². The molecule has 6 heteroatoms. The molecule has 3 aromatic carbocycles. The minimum Gasteiger partial charge on any atom is -0.489 e. The summed E-state index contributed by atoms with van der Waals surface area (Å²) in [5.41, 5.74) is 3.59. The number of benzene rings is 3. The molecule has 0 amide bonds. The van der Waals surface area contributed by atoms with Gasteiger partial charge in [0.15, 0.2) is 0 Å². The molecule has 3 aromatic rings. The number of fused-ring (bicyclic) bond motifs is 1. The molecule has 0 N–H and O–H groups in total. The Morgan fingerprint density at radius 1 is 1.03 bits per heavy atom. The lowest BCUT2D eigenvalue weighted by Crippen LogP contribution is -2.05. The molecule has 5 rings (SSSR count). The second-order valence-electron chi connectivity index (χ2n) is 7.01. The third-order valence-electron chi connectivity index (χ3n) is 5.06. The summed E-state index contributed by atoms with van der Waals surface area (Å²) in [6.07, 6.45) is 1.80. The summed E-state index contributed by atoms with van der Waals surface area (Å²) in [6.45, 7) is 2.36. The third-order valence-corrected chi connectivity index (χ3v) is 5.06. The number of ether oxygens (including phenoxy) is 3. The van der Waals surface area contributed by atoms with Crippen LogP contribution in [0.5, 0.6) is 23.0 Å². The van der Waals surface area contributed by atoms with Crippen LogP contribution in [0, 0.1) is 10.1 Å². The zero-order chi connectivity index (χ0) is 20.0. The molecule has 2 aliphatic rings. The summed E-state index contributed by atoms with van der Waals surface area (Å²) in [7, 11) is 0. The molecule has 0 fully saturated rings. The average molecular weight is 387 g/mol. The highest BCUT2D eigenvalue weighted by molar-refractivity contribution is 5.94. The monoisotopic (exact) mass is 387 g/mol. The number of hydrogen-bond acceptors (Lipinski definition) is 5. The van der Waals surface area contributed by atoms with E-state index in [1.165, 1.54) is 12.1 Å². The molecule has 144 valence electrons. The van der Waals surface area contributed by atoms with Crippen molar-refractivity contribution in [2.24, 2.45) is 0 Å². The SMILES string of the molecule is CC1Oc2cc([N+](=O)[O-])cc3c2C1=Cc1ccc(OCc2ccccc2)cc1O3. The Morgan fingerprint density at radius 3 is 2.62 bits per heavy atom. The summed E-state index contributed by atoms with van der Waals surface area (Å²) in [4.78, 5) is 10.9. The maximum absolute atomic E-state index is 11.3. The average Bonchev–Trinajstić information content (AvgIpc) is 2.93. The Bertz CT molecular complexity index is 1150. The van der Waals surface area contributed by atoms with Gasteiger partial charge in [0, 0.05) is 17.2 Å². The molecule has 29 heavy (non-hydrogen) atoms. The zero-order valence-electron chi connectivity index (χ0n) is 15.6. The van der Waals surface area contributed by atoms with Gasteiger partial charge in [-0.25, -0.2) is 0 Å². The van der Waals surface area contributed by atoms with Gasteiger partial charge < -0.3 is 14.2 Å². The van der Waals surface area contributed by atoms with E-state index in [4.69, 9.17) is 14.2 Å². The van der Waals surface area contributed by atoms with Crippen molar-refractivity contribution in [3.05, 3.63) is 87.5 Å².